The number of nitrogens with two attached hydrogens (primary N) is 4. The van der Waals surface area contributed by atoms with Gasteiger partial charge >= 0.3 is 40.5 Å². The molecule has 0 amide bonds. The Morgan fingerprint density at radius 2 is 0.714 bits per heavy atom. The van der Waals surface area contributed by atoms with Gasteiger partial charge in [-0.15, -0.1) is 0 Å². The Balaban J connectivity index is -0.00000000333. The summed E-state index contributed by atoms with van der Waals surface area (Å²) < 4.78 is 0. The fourth-order valence-electron chi connectivity index (χ4n) is 0. The van der Waals surface area contributed by atoms with Crippen molar-refractivity contribution < 1.29 is 13.2 Å². The Morgan fingerprint density at radius 3 is 0.714 bits per heavy atom. The molecule has 0 aromatic heterocycles. The molecule has 0 fully saturated rings. The topological polar surface area (TPSA) is 134 Å². The quantitative estimate of drug-likeness (QED) is 0.577. The third kappa shape index (κ3) is 108. The van der Waals surface area contributed by atoms with Crippen molar-refractivity contribution in [1.29, 1.82) is 0 Å². The van der Waals surface area contributed by atoms with Gasteiger partial charge in [-0.3, -0.25) is 0 Å². The summed E-state index contributed by atoms with van der Waals surface area (Å²) in [5, 5.41) is 0. The Bertz CT molecular complexity index is 9.65. The molecular formula is H8Br2N4Ru-4. The van der Waals surface area contributed by atoms with Crippen LogP contribution in [-0.4, -0.2) is 0 Å². The van der Waals surface area contributed by atoms with E-state index in [-0.39, 0.29) is 24.6 Å². The van der Waals surface area contributed by atoms with Crippen LogP contribution in [0.25, 0.3) is 24.6 Å². The normalized spacial score (nSPS) is 3.14. The van der Waals surface area contributed by atoms with Crippen LogP contribution in [0.5, 0.6) is 0 Å². The summed E-state index contributed by atoms with van der Waals surface area (Å²) in [7, 11) is 0. The van der Waals surface area contributed by atoms with Gasteiger partial charge in [0.05, 0.1) is 0 Å². The van der Waals surface area contributed by atoms with Gasteiger partial charge in [-0.05, 0) is 0 Å². The zero-order chi connectivity index (χ0) is 2.71. The number of rotatable bonds is 0. The van der Waals surface area contributed by atoms with Crippen LogP contribution >= 0.6 is 27.2 Å². The van der Waals surface area contributed by atoms with E-state index in [0.717, 1.165) is 0 Å². The number of hydrogen-bond donors (Lipinski definition) is 0. The monoisotopic (exact) mass is 324 g/mol. The van der Waals surface area contributed by atoms with E-state index in [1.165, 1.54) is 0 Å². The van der Waals surface area contributed by atoms with E-state index in [1.54, 1.807) is 0 Å². The van der Waals surface area contributed by atoms with Crippen molar-refractivity contribution in [3.63, 3.8) is 0 Å². The van der Waals surface area contributed by atoms with Crippen molar-refractivity contribution in [2.45, 2.75) is 0 Å². The van der Waals surface area contributed by atoms with Crippen LogP contribution in [0.2, 0.25) is 0 Å². The second-order valence-electron chi connectivity index (χ2n) is 0.0505. The van der Waals surface area contributed by atoms with E-state index in [1.807, 2.05) is 0 Å². The van der Waals surface area contributed by atoms with Crippen LogP contribution in [0.3, 0.4) is 0 Å². The van der Waals surface area contributed by atoms with Gasteiger partial charge < -0.3 is 24.6 Å². The summed E-state index contributed by atoms with van der Waals surface area (Å²) in [6, 6.07) is 0. The first kappa shape index (κ1) is 39.6. The second kappa shape index (κ2) is 52.2. The average Bonchev–Trinajstić information content (AvgIpc) is 0.918. The van der Waals surface area contributed by atoms with Gasteiger partial charge in [0.1, 0.15) is 0 Å². The average molecular weight is 325 g/mol. The van der Waals surface area contributed by atoms with Gasteiger partial charge in [0, 0.05) is 0 Å². The van der Waals surface area contributed by atoms with Gasteiger partial charge in [0.15, 0.2) is 0 Å². The fraction of sp³-hybridized carbons (Fsp3) is 0. The summed E-state index contributed by atoms with van der Waals surface area (Å²) in [5.41, 5.74) is 0. The standard InChI is InChI=1S/2BrH.4H2N.Ru/h2*1H;4*1H2;/q;;4*-1;+2/p-2. The van der Waals surface area contributed by atoms with E-state index in [9.17, 15) is 0 Å². The van der Waals surface area contributed by atoms with Gasteiger partial charge in [-0.25, -0.2) is 0 Å². The van der Waals surface area contributed by atoms with Gasteiger partial charge in [0.25, 0.3) is 0 Å². The minimum atomic E-state index is 0. The Morgan fingerprint density at radius 1 is 0.714 bits per heavy atom. The van der Waals surface area contributed by atoms with Crippen LogP contribution < -0.4 is 0 Å². The minimum absolute atomic E-state index is 0. The molecule has 0 saturated heterocycles. The molecule has 0 radical (unpaired) electrons. The number of halogens is 2. The van der Waals surface area contributed by atoms with E-state index in [2.05, 4.69) is 27.2 Å². The molecule has 0 heterocycles. The van der Waals surface area contributed by atoms with Crippen LogP contribution in [0.1, 0.15) is 0 Å². The molecule has 0 rings (SSSR count). The molecule has 0 atom stereocenters. The Kier molecular flexibility index (Phi) is 295. The molecular weight excluding hydrogens is 317 g/mol. The molecule has 0 aliphatic carbocycles. The second-order valence-corrected chi connectivity index (χ2v) is 8.07. The molecule has 0 aliphatic rings. The van der Waals surface area contributed by atoms with Crippen molar-refractivity contribution in [3.05, 3.63) is 24.6 Å². The third-order valence-corrected chi connectivity index (χ3v) is 0. The molecule has 0 aliphatic heterocycles. The smallest absolute Gasteiger partial charge is 0.693 e. The predicted octanol–water partition coefficient (Wildman–Crippen LogP) is 4.56. The molecule has 7 heteroatoms. The molecule has 4 nitrogen and oxygen atoms in total. The van der Waals surface area contributed by atoms with E-state index in [4.69, 9.17) is 0 Å². The van der Waals surface area contributed by atoms with E-state index in [0.29, 0.717) is 13.2 Å². The third-order valence-electron chi connectivity index (χ3n) is 0. The van der Waals surface area contributed by atoms with Crippen LogP contribution in [0, 0.1) is 0 Å². The first-order valence-corrected chi connectivity index (χ1v) is 8.22. The summed E-state index contributed by atoms with van der Waals surface area (Å²) in [6.45, 7) is 0. The molecule has 0 aromatic carbocycles. The summed E-state index contributed by atoms with van der Waals surface area (Å²) >= 11 is 6.64. The van der Waals surface area contributed by atoms with Crippen molar-refractivity contribution >= 4 is 27.2 Å². The van der Waals surface area contributed by atoms with Crippen molar-refractivity contribution in [2.75, 3.05) is 0 Å². The fourth-order valence-corrected chi connectivity index (χ4v) is 0. The SMILES string of the molecule is [Br][Ru][Br].[NH2-].[NH2-].[NH2-].[NH2-]. The predicted molar refractivity (Wildman–Crippen MR) is 39.0 cm³/mol. The van der Waals surface area contributed by atoms with E-state index >= 15 is 0 Å². The van der Waals surface area contributed by atoms with E-state index < -0.39 is 0 Å². The van der Waals surface area contributed by atoms with Crippen LogP contribution in [0.4, 0.5) is 0 Å². The molecule has 0 saturated carbocycles. The van der Waals surface area contributed by atoms with Gasteiger partial charge in [-0.1, -0.05) is 0 Å². The molecule has 0 bridgehead atoms. The van der Waals surface area contributed by atoms with Crippen molar-refractivity contribution in [1.82, 2.24) is 0 Å². The maximum absolute atomic E-state index is 3.15. The first-order chi connectivity index (χ1) is 1.41. The molecule has 0 spiro atoms. The zero-order valence-corrected chi connectivity index (χ0v) is 8.33. The molecule has 0 aromatic rings. The minimum Gasteiger partial charge on any atom is -0.693 e. The Hall–Kier alpha value is 1.42. The van der Waals surface area contributed by atoms with Crippen molar-refractivity contribution in [3.8, 4) is 0 Å². The maximum atomic E-state index is 3.15. The summed E-state index contributed by atoms with van der Waals surface area (Å²) in [5.74, 6) is 0. The molecule has 54 valence electrons. The summed E-state index contributed by atoms with van der Waals surface area (Å²) in [4.78, 5) is 0. The molecule has 7 heavy (non-hydrogen) atoms. The maximum Gasteiger partial charge on any atom is -0.693 e. The van der Waals surface area contributed by atoms with Crippen LogP contribution in [0.15, 0.2) is 0 Å². The molecule has 8 N–H and O–H groups in total. The van der Waals surface area contributed by atoms with Crippen LogP contribution in [-0.2, 0) is 13.2 Å². The summed E-state index contributed by atoms with van der Waals surface area (Å²) in [6.07, 6.45) is 0. The van der Waals surface area contributed by atoms with Gasteiger partial charge in [0.2, 0.25) is 0 Å². The van der Waals surface area contributed by atoms with Gasteiger partial charge in [-0.2, -0.15) is 0 Å². The first-order valence-electron chi connectivity index (χ1n) is 0.267. The van der Waals surface area contributed by atoms with Crippen molar-refractivity contribution in [2.24, 2.45) is 0 Å². The Labute approximate surface area is 64.8 Å². The number of hydrogen-bond acceptors (Lipinski definition) is 0. The zero-order valence-electron chi connectivity index (χ0n) is 3.42. The molecule has 0 unspecified atom stereocenters. The largest absolute Gasteiger partial charge is 0.693 e.